The molecule has 1 unspecified atom stereocenters. The van der Waals surface area contributed by atoms with Gasteiger partial charge in [-0.3, -0.25) is 4.98 Å². The fraction of sp³-hybridized carbons (Fsp3) is 0.462. The zero-order valence-corrected chi connectivity index (χ0v) is 9.83. The Morgan fingerprint density at radius 2 is 2.40 bits per heavy atom. The maximum Gasteiger partial charge on any atom is 0.0340 e. The van der Waals surface area contributed by atoms with Crippen LogP contribution in [0.15, 0.2) is 30.1 Å². The standard InChI is InChI=1S/C13H20N2/c1-11(6-7-12(2)14-3)9-13-5-4-8-15-10-13/h4-5,8-10,12,14H,6-7H2,1-3H3/b11-9+. The number of pyridine rings is 1. The minimum atomic E-state index is 0.585. The second kappa shape index (κ2) is 6.36. The number of hydrogen-bond donors (Lipinski definition) is 1. The molecule has 0 aliphatic rings. The summed E-state index contributed by atoms with van der Waals surface area (Å²) in [5.41, 5.74) is 2.59. The van der Waals surface area contributed by atoms with Gasteiger partial charge in [0.15, 0.2) is 0 Å². The first-order valence-corrected chi connectivity index (χ1v) is 5.47. The first-order valence-electron chi connectivity index (χ1n) is 5.47. The average Bonchev–Trinajstić information content (AvgIpc) is 2.27. The maximum atomic E-state index is 4.09. The lowest BCUT2D eigenvalue weighted by Gasteiger charge is -2.09. The van der Waals surface area contributed by atoms with E-state index in [9.17, 15) is 0 Å². The minimum absolute atomic E-state index is 0.585. The van der Waals surface area contributed by atoms with Gasteiger partial charge in [0.2, 0.25) is 0 Å². The molecule has 0 aliphatic carbocycles. The summed E-state index contributed by atoms with van der Waals surface area (Å²) in [5, 5.41) is 3.24. The molecule has 2 nitrogen and oxygen atoms in total. The molecular formula is C13H20N2. The molecule has 1 aromatic heterocycles. The summed E-state index contributed by atoms with van der Waals surface area (Å²) in [6, 6.07) is 4.63. The van der Waals surface area contributed by atoms with E-state index in [2.05, 4.69) is 36.3 Å². The van der Waals surface area contributed by atoms with Crippen molar-refractivity contribution in [2.75, 3.05) is 7.05 Å². The monoisotopic (exact) mass is 204 g/mol. The van der Waals surface area contributed by atoms with Crippen molar-refractivity contribution in [3.05, 3.63) is 35.7 Å². The Morgan fingerprint density at radius 1 is 1.60 bits per heavy atom. The van der Waals surface area contributed by atoms with Crippen LogP contribution in [0.5, 0.6) is 0 Å². The van der Waals surface area contributed by atoms with Crippen LogP contribution in [0.4, 0.5) is 0 Å². The second-order valence-corrected chi connectivity index (χ2v) is 4.01. The highest BCUT2D eigenvalue weighted by Crippen LogP contribution is 2.11. The van der Waals surface area contributed by atoms with Crippen LogP contribution in [0.2, 0.25) is 0 Å². The van der Waals surface area contributed by atoms with E-state index >= 15 is 0 Å². The molecule has 82 valence electrons. The fourth-order valence-electron chi connectivity index (χ4n) is 1.41. The molecule has 1 atom stereocenters. The molecule has 1 heterocycles. The van der Waals surface area contributed by atoms with Gasteiger partial charge in [-0.05, 0) is 45.4 Å². The van der Waals surface area contributed by atoms with E-state index < -0.39 is 0 Å². The van der Waals surface area contributed by atoms with Gasteiger partial charge in [-0.1, -0.05) is 17.7 Å². The van der Waals surface area contributed by atoms with E-state index in [1.807, 2.05) is 19.3 Å². The van der Waals surface area contributed by atoms with Gasteiger partial charge < -0.3 is 5.32 Å². The highest BCUT2D eigenvalue weighted by atomic mass is 14.8. The summed E-state index contributed by atoms with van der Waals surface area (Å²) in [5.74, 6) is 0. The van der Waals surface area contributed by atoms with Crippen LogP contribution >= 0.6 is 0 Å². The predicted molar refractivity (Wildman–Crippen MR) is 65.6 cm³/mol. The molecule has 1 rings (SSSR count). The lowest BCUT2D eigenvalue weighted by atomic mass is 10.1. The molecule has 1 N–H and O–H groups in total. The molecule has 0 spiro atoms. The van der Waals surface area contributed by atoms with Crippen LogP contribution < -0.4 is 5.32 Å². The third kappa shape index (κ3) is 4.75. The third-order valence-corrected chi connectivity index (χ3v) is 2.56. The van der Waals surface area contributed by atoms with Crippen LogP contribution in [0.1, 0.15) is 32.3 Å². The van der Waals surface area contributed by atoms with Crippen molar-refractivity contribution in [2.45, 2.75) is 32.7 Å². The fourth-order valence-corrected chi connectivity index (χ4v) is 1.41. The zero-order valence-electron chi connectivity index (χ0n) is 9.83. The van der Waals surface area contributed by atoms with Crippen molar-refractivity contribution >= 4 is 6.08 Å². The van der Waals surface area contributed by atoms with Gasteiger partial charge in [0.05, 0.1) is 0 Å². The van der Waals surface area contributed by atoms with Crippen molar-refractivity contribution in [2.24, 2.45) is 0 Å². The van der Waals surface area contributed by atoms with E-state index in [1.165, 1.54) is 17.6 Å². The largest absolute Gasteiger partial charge is 0.317 e. The van der Waals surface area contributed by atoms with Crippen LogP contribution in [-0.2, 0) is 0 Å². The van der Waals surface area contributed by atoms with E-state index in [1.54, 1.807) is 6.20 Å². The molecule has 0 aromatic carbocycles. The lowest BCUT2D eigenvalue weighted by Crippen LogP contribution is -2.20. The SMILES string of the molecule is CNC(C)CC/C(C)=C/c1cccnc1. The summed E-state index contributed by atoms with van der Waals surface area (Å²) in [7, 11) is 2.00. The molecule has 0 saturated heterocycles. The van der Waals surface area contributed by atoms with Gasteiger partial charge in [0.25, 0.3) is 0 Å². The first-order chi connectivity index (χ1) is 7.22. The third-order valence-electron chi connectivity index (χ3n) is 2.56. The van der Waals surface area contributed by atoms with Gasteiger partial charge >= 0.3 is 0 Å². The second-order valence-electron chi connectivity index (χ2n) is 4.01. The molecule has 0 fully saturated rings. The van der Waals surface area contributed by atoms with Gasteiger partial charge in [0.1, 0.15) is 0 Å². The minimum Gasteiger partial charge on any atom is -0.317 e. The van der Waals surface area contributed by atoms with Gasteiger partial charge in [-0.15, -0.1) is 0 Å². The summed E-state index contributed by atoms with van der Waals surface area (Å²) in [4.78, 5) is 4.09. The predicted octanol–water partition coefficient (Wildman–Crippen LogP) is 2.87. The van der Waals surface area contributed by atoms with Crippen molar-refractivity contribution in [3.63, 3.8) is 0 Å². The summed E-state index contributed by atoms with van der Waals surface area (Å²) >= 11 is 0. The topological polar surface area (TPSA) is 24.9 Å². The highest BCUT2D eigenvalue weighted by Gasteiger charge is 1.98. The Morgan fingerprint density at radius 3 is 3.00 bits per heavy atom. The normalized spacial score (nSPS) is 13.9. The molecule has 0 radical (unpaired) electrons. The Kier molecular flexibility index (Phi) is 5.05. The van der Waals surface area contributed by atoms with E-state index in [4.69, 9.17) is 0 Å². The number of nitrogens with zero attached hydrogens (tertiary/aromatic N) is 1. The number of rotatable bonds is 5. The van der Waals surface area contributed by atoms with Crippen LogP contribution in [-0.4, -0.2) is 18.1 Å². The van der Waals surface area contributed by atoms with Gasteiger partial charge in [-0.25, -0.2) is 0 Å². The van der Waals surface area contributed by atoms with E-state index in [0.29, 0.717) is 6.04 Å². The van der Waals surface area contributed by atoms with E-state index in [0.717, 1.165) is 6.42 Å². The van der Waals surface area contributed by atoms with Crippen molar-refractivity contribution in [3.8, 4) is 0 Å². The molecule has 15 heavy (non-hydrogen) atoms. The summed E-state index contributed by atoms with van der Waals surface area (Å²) in [6.45, 7) is 4.38. The molecule has 0 aliphatic heterocycles. The quantitative estimate of drug-likeness (QED) is 0.797. The molecule has 2 heteroatoms. The Balaban J connectivity index is 2.46. The molecular weight excluding hydrogens is 184 g/mol. The molecule has 0 bridgehead atoms. The Bertz CT molecular complexity index is 304. The number of hydrogen-bond acceptors (Lipinski definition) is 2. The van der Waals surface area contributed by atoms with Crippen molar-refractivity contribution in [1.29, 1.82) is 0 Å². The maximum absolute atomic E-state index is 4.09. The molecule has 0 saturated carbocycles. The van der Waals surface area contributed by atoms with Gasteiger partial charge in [0, 0.05) is 18.4 Å². The number of allylic oxidation sites excluding steroid dienone is 1. The first kappa shape index (κ1) is 11.9. The smallest absolute Gasteiger partial charge is 0.0340 e. The van der Waals surface area contributed by atoms with Crippen LogP contribution in [0.25, 0.3) is 6.08 Å². The number of aromatic nitrogens is 1. The highest BCUT2D eigenvalue weighted by molar-refractivity contribution is 5.50. The number of nitrogens with one attached hydrogen (secondary N) is 1. The average molecular weight is 204 g/mol. The van der Waals surface area contributed by atoms with Crippen LogP contribution in [0, 0.1) is 0 Å². The van der Waals surface area contributed by atoms with Crippen molar-refractivity contribution in [1.82, 2.24) is 10.3 Å². The summed E-state index contributed by atoms with van der Waals surface area (Å²) in [6.07, 6.45) is 8.21. The van der Waals surface area contributed by atoms with Crippen LogP contribution in [0.3, 0.4) is 0 Å². The van der Waals surface area contributed by atoms with Crippen molar-refractivity contribution < 1.29 is 0 Å². The zero-order chi connectivity index (χ0) is 11.1. The Labute approximate surface area is 92.4 Å². The molecule has 0 amide bonds. The van der Waals surface area contributed by atoms with Gasteiger partial charge in [-0.2, -0.15) is 0 Å². The molecule has 1 aromatic rings. The Hall–Kier alpha value is -1.15. The van der Waals surface area contributed by atoms with E-state index in [-0.39, 0.29) is 0 Å². The lowest BCUT2D eigenvalue weighted by molar-refractivity contribution is 0.564. The summed E-state index contributed by atoms with van der Waals surface area (Å²) < 4.78 is 0.